The molecule has 0 unspecified atom stereocenters. The third-order valence-corrected chi connectivity index (χ3v) is 4.42. The molecule has 3 rings (SSSR count). The van der Waals surface area contributed by atoms with Gasteiger partial charge in [-0.15, -0.1) is 11.3 Å². The quantitative estimate of drug-likeness (QED) is 0.715. The fourth-order valence-electron chi connectivity index (χ4n) is 2.57. The van der Waals surface area contributed by atoms with Crippen molar-refractivity contribution in [1.82, 2.24) is 9.97 Å². The average Bonchev–Trinajstić information content (AvgIpc) is 3.08. The SMILES string of the molecule is CCCCC(=O)Nc1nc(-c2c(C)[nH]c3ccccc23)cs1. The van der Waals surface area contributed by atoms with Crippen LogP contribution in [0.5, 0.6) is 0 Å². The molecule has 114 valence electrons. The zero-order valence-corrected chi connectivity index (χ0v) is 13.6. The Morgan fingerprint density at radius 1 is 1.36 bits per heavy atom. The van der Waals surface area contributed by atoms with Crippen molar-refractivity contribution in [3.63, 3.8) is 0 Å². The molecular formula is C17H19N3OS. The van der Waals surface area contributed by atoms with Crippen molar-refractivity contribution >= 4 is 33.3 Å². The number of hydrogen-bond donors (Lipinski definition) is 2. The summed E-state index contributed by atoms with van der Waals surface area (Å²) in [5.41, 5.74) is 4.22. The van der Waals surface area contributed by atoms with Crippen molar-refractivity contribution in [2.24, 2.45) is 0 Å². The lowest BCUT2D eigenvalue weighted by molar-refractivity contribution is -0.116. The van der Waals surface area contributed by atoms with E-state index in [1.54, 1.807) is 0 Å². The van der Waals surface area contributed by atoms with Gasteiger partial charge in [-0.25, -0.2) is 4.98 Å². The first-order valence-electron chi connectivity index (χ1n) is 7.52. The normalized spacial score (nSPS) is 11.0. The van der Waals surface area contributed by atoms with Crippen LogP contribution >= 0.6 is 11.3 Å². The lowest BCUT2D eigenvalue weighted by Gasteiger charge is -2.00. The number of fused-ring (bicyclic) bond motifs is 1. The van der Waals surface area contributed by atoms with E-state index in [0.717, 1.165) is 40.7 Å². The van der Waals surface area contributed by atoms with Gasteiger partial charge in [0.05, 0.1) is 5.69 Å². The Bertz CT molecular complexity index is 803. The van der Waals surface area contributed by atoms with Gasteiger partial charge >= 0.3 is 0 Å². The summed E-state index contributed by atoms with van der Waals surface area (Å²) in [4.78, 5) is 19.8. The van der Waals surface area contributed by atoms with Gasteiger partial charge in [0, 0.05) is 34.0 Å². The number of nitrogens with zero attached hydrogens (tertiary/aromatic N) is 1. The number of carbonyl (C=O) groups is 1. The van der Waals surface area contributed by atoms with Crippen LogP contribution in [0.15, 0.2) is 29.6 Å². The predicted octanol–water partition coefficient (Wildman–Crippen LogP) is 4.73. The highest BCUT2D eigenvalue weighted by molar-refractivity contribution is 7.14. The average molecular weight is 313 g/mol. The maximum absolute atomic E-state index is 11.8. The number of amides is 1. The second kappa shape index (κ2) is 6.32. The highest BCUT2D eigenvalue weighted by atomic mass is 32.1. The number of carbonyl (C=O) groups excluding carboxylic acids is 1. The molecule has 0 spiro atoms. The van der Waals surface area contributed by atoms with Crippen LogP contribution in [0.4, 0.5) is 5.13 Å². The van der Waals surface area contributed by atoms with Gasteiger partial charge in [0.15, 0.2) is 5.13 Å². The van der Waals surface area contributed by atoms with Crippen LogP contribution in [-0.2, 0) is 4.79 Å². The van der Waals surface area contributed by atoms with Gasteiger partial charge in [-0.1, -0.05) is 31.5 Å². The van der Waals surface area contributed by atoms with Gasteiger partial charge in [-0.05, 0) is 19.4 Å². The summed E-state index contributed by atoms with van der Waals surface area (Å²) in [5, 5.41) is 6.71. The van der Waals surface area contributed by atoms with Crippen LogP contribution in [0.2, 0.25) is 0 Å². The number of aromatic nitrogens is 2. The van der Waals surface area contributed by atoms with E-state index >= 15 is 0 Å². The molecule has 0 fully saturated rings. The lowest BCUT2D eigenvalue weighted by atomic mass is 10.1. The number of H-pyrrole nitrogens is 1. The number of unbranched alkanes of at least 4 members (excludes halogenated alkanes) is 1. The van der Waals surface area contributed by atoms with E-state index in [1.165, 1.54) is 11.3 Å². The number of benzene rings is 1. The van der Waals surface area contributed by atoms with Crippen LogP contribution in [0, 0.1) is 6.92 Å². The highest BCUT2D eigenvalue weighted by Crippen LogP contribution is 2.33. The molecule has 2 N–H and O–H groups in total. The van der Waals surface area contributed by atoms with Gasteiger partial charge in [0.1, 0.15) is 0 Å². The first kappa shape index (κ1) is 14.8. The van der Waals surface area contributed by atoms with Crippen molar-refractivity contribution in [2.45, 2.75) is 33.1 Å². The van der Waals surface area contributed by atoms with E-state index in [1.807, 2.05) is 24.4 Å². The molecule has 2 heterocycles. The van der Waals surface area contributed by atoms with Gasteiger partial charge < -0.3 is 10.3 Å². The van der Waals surface area contributed by atoms with Gasteiger partial charge in [0.25, 0.3) is 0 Å². The zero-order chi connectivity index (χ0) is 15.5. The fourth-order valence-corrected chi connectivity index (χ4v) is 3.29. The second-order valence-corrected chi connectivity index (χ2v) is 6.22. The van der Waals surface area contributed by atoms with E-state index in [-0.39, 0.29) is 5.91 Å². The molecule has 0 bridgehead atoms. The van der Waals surface area contributed by atoms with Crippen molar-refractivity contribution in [1.29, 1.82) is 0 Å². The number of anilines is 1. The summed E-state index contributed by atoms with van der Waals surface area (Å²) in [6, 6.07) is 8.19. The molecule has 22 heavy (non-hydrogen) atoms. The van der Waals surface area contributed by atoms with E-state index in [0.29, 0.717) is 11.6 Å². The molecule has 0 saturated carbocycles. The Morgan fingerprint density at radius 3 is 3.00 bits per heavy atom. The molecular weight excluding hydrogens is 294 g/mol. The first-order chi connectivity index (χ1) is 10.7. The molecule has 1 amide bonds. The van der Waals surface area contributed by atoms with Crippen molar-refractivity contribution in [3.05, 3.63) is 35.3 Å². The van der Waals surface area contributed by atoms with Crippen LogP contribution in [-0.4, -0.2) is 15.9 Å². The topological polar surface area (TPSA) is 57.8 Å². The van der Waals surface area contributed by atoms with E-state index in [2.05, 4.69) is 34.3 Å². The Morgan fingerprint density at radius 2 is 2.18 bits per heavy atom. The van der Waals surface area contributed by atoms with Gasteiger partial charge in [-0.3, -0.25) is 4.79 Å². The summed E-state index contributed by atoms with van der Waals surface area (Å²) in [6.45, 7) is 4.13. The second-order valence-electron chi connectivity index (χ2n) is 5.36. The summed E-state index contributed by atoms with van der Waals surface area (Å²) >= 11 is 1.47. The molecule has 4 nitrogen and oxygen atoms in total. The number of aromatic amines is 1. The van der Waals surface area contributed by atoms with Crippen LogP contribution < -0.4 is 5.32 Å². The molecule has 5 heteroatoms. The number of hydrogen-bond acceptors (Lipinski definition) is 3. The van der Waals surface area contributed by atoms with Gasteiger partial charge in [0.2, 0.25) is 5.91 Å². The molecule has 0 saturated heterocycles. The van der Waals surface area contributed by atoms with Crippen molar-refractivity contribution < 1.29 is 4.79 Å². The molecule has 1 aromatic carbocycles. The summed E-state index contributed by atoms with van der Waals surface area (Å²) in [6.07, 6.45) is 2.48. The standard InChI is InChI=1S/C17H19N3OS/c1-3-4-9-15(21)20-17-19-14(10-22-17)16-11(2)18-13-8-6-5-7-12(13)16/h5-8,10,18H,3-4,9H2,1-2H3,(H,19,20,21). The number of aryl methyl sites for hydroxylation is 1. The minimum absolute atomic E-state index is 0.0402. The van der Waals surface area contributed by atoms with Crippen molar-refractivity contribution in [3.8, 4) is 11.3 Å². The van der Waals surface area contributed by atoms with E-state index in [9.17, 15) is 4.79 Å². The van der Waals surface area contributed by atoms with Gasteiger partial charge in [-0.2, -0.15) is 0 Å². The predicted molar refractivity (Wildman–Crippen MR) is 92.3 cm³/mol. The molecule has 0 aliphatic carbocycles. The molecule has 0 aliphatic heterocycles. The molecule has 2 aromatic heterocycles. The first-order valence-corrected chi connectivity index (χ1v) is 8.40. The summed E-state index contributed by atoms with van der Waals surface area (Å²) in [7, 11) is 0. The number of nitrogens with one attached hydrogen (secondary N) is 2. The third-order valence-electron chi connectivity index (χ3n) is 3.66. The molecule has 3 aromatic rings. The highest BCUT2D eigenvalue weighted by Gasteiger charge is 2.14. The minimum Gasteiger partial charge on any atom is -0.358 e. The largest absolute Gasteiger partial charge is 0.358 e. The summed E-state index contributed by atoms with van der Waals surface area (Å²) in [5.74, 6) is 0.0402. The van der Waals surface area contributed by atoms with Crippen molar-refractivity contribution in [2.75, 3.05) is 5.32 Å². The third kappa shape index (κ3) is 2.90. The number of thiazole rings is 1. The maximum Gasteiger partial charge on any atom is 0.226 e. The maximum atomic E-state index is 11.8. The van der Waals surface area contributed by atoms with E-state index < -0.39 is 0 Å². The Kier molecular flexibility index (Phi) is 4.24. The van der Waals surface area contributed by atoms with Crippen LogP contribution in [0.25, 0.3) is 22.2 Å². The molecule has 0 aliphatic rings. The Labute approximate surface area is 133 Å². The Hall–Kier alpha value is -2.14. The Balaban J connectivity index is 1.86. The monoisotopic (exact) mass is 313 g/mol. The zero-order valence-electron chi connectivity index (χ0n) is 12.8. The lowest BCUT2D eigenvalue weighted by Crippen LogP contribution is -2.10. The van der Waals surface area contributed by atoms with E-state index in [4.69, 9.17) is 0 Å². The van der Waals surface area contributed by atoms with Crippen LogP contribution in [0.1, 0.15) is 31.9 Å². The number of rotatable bonds is 5. The summed E-state index contributed by atoms with van der Waals surface area (Å²) < 4.78 is 0. The molecule has 0 radical (unpaired) electrons. The molecule has 0 atom stereocenters. The number of para-hydroxylation sites is 1. The smallest absolute Gasteiger partial charge is 0.226 e. The van der Waals surface area contributed by atoms with Crippen LogP contribution in [0.3, 0.4) is 0 Å². The fraction of sp³-hybridized carbons (Fsp3) is 0.294. The minimum atomic E-state index is 0.0402.